The zero-order valence-electron chi connectivity index (χ0n) is 19.9. The summed E-state index contributed by atoms with van der Waals surface area (Å²) < 4.78 is 0. The first-order valence-corrected chi connectivity index (χ1v) is 12.9. The van der Waals surface area contributed by atoms with Gasteiger partial charge in [0.05, 0.1) is 6.04 Å². The molecule has 4 rings (SSSR count). The van der Waals surface area contributed by atoms with E-state index >= 15 is 0 Å². The third kappa shape index (κ3) is 5.59. The largest absolute Gasteiger partial charge is 0.365 e. The molecule has 31 heavy (non-hydrogen) atoms. The first-order chi connectivity index (χ1) is 15.0. The van der Waals surface area contributed by atoms with Crippen molar-refractivity contribution in [2.24, 2.45) is 23.7 Å². The van der Waals surface area contributed by atoms with Crippen LogP contribution < -0.4 is 5.32 Å². The van der Waals surface area contributed by atoms with Crippen LogP contribution in [0.25, 0.3) is 0 Å². The number of carbonyl (C=O) groups excluding carboxylic acids is 1. The van der Waals surface area contributed by atoms with Gasteiger partial charge in [-0.15, -0.1) is 0 Å². The van der Waals surface area contributed by atoms with E-state index in [0.717, 1.165) is 55.6 Å². The standard InChI is InChI=1S/C26H42N4O/c1-18(2)14-22-15-25(28-17-27-22)29-19(3)24-12-4-5-13-30(24)26(31)16-23(20-8-6-9-20)21-10-7-11-21/h15,17-21,23-24H,4-14,16H2,1-3H3,(H,27,28,29). The van der Waals surface area contributed by atoms with Crippen molar-refractivity contribution in [3.63, 3.8) is 0 Å². The van der Waals surface area contributed by atoms with E-state index in [1.54, 1.807) is 6.33 Å². The molecule has 0 bridgehead atoms. The minimum Gasteiger partial charge on any atom is -0.365 e. The van der Waals surface area contributed by atoms with E-state index in [9.17, 15) is 4.79 Å². The Kier molecular flexibility index (Phi) is 7.50. The van der Waals surface area contributed by atoms with Crippen molar-refractivity contribution < 1.29 is 4.79 Å². The second kappa shape index (κ2) is 10.3. The van der Waals surface area contributed by atoms with Crippen molar-refractivity contribution in [1.82, 2.24) is 14.9 Å². The first kappa shape index (κ1) is 22.5. The summed E-state index contributed by atoms with van der Waals surface area (Å²) in [6.07, 6.45) is 15.0. The summed E-state index contributed by atoms with van der Waals surface area (Å²) in [4.78, 5) is 24.6. The van der Waals surface area contributed by atoms with E-state index in [2.05, 4.69) is 47.0 Å². The number of anilines is 1. The third-order valence-corrected chi connectivity index (χ3v) is 8.08. The van der Waals surface area contributed by atoms with Gasteiger partial charge >= 0.3 is 0 Å². The lowest BCUT2D eigenvalue weighted by molar-refractivity contribution is -0.138. The molecule has 1 aromatic heterocycles. The Balaban J connectivity index is 1.39. The molecule has 2 unspecified atom stereocenters. The van der Waals surface area contributed by atoms with Crippen LogP contribution in [0, 0.1) is 23.7 Å². The minimum absolute atomic E-state index is 0.192. The third-order valence-electron chi connectivity index (χ3n) is 8.08. The number of carbonyl (C=O) groups is 1. The molecule has 5 heteroatoms. The van der Waals surface area contributed by atoms with Gasteiger partial charge in [0.1, 0.15) is 12.1 Å². The highest BCUT2D eigenvalue weighted by Gasteiger charge is 2.39. The van der Waals surface area contributed by atoms with Crippen molar-refractivity contribution in [1.29, 1.82) is 0 Å². The first-order valence-electron chi connectivity index (χ1n) is 12.9. The topological polar surface area (TPSA) is 58.1 Å². The van der Waals surface area contributed by atoms with Crippen molar-refractivity contribution in [3.8, 4) is 0 Å². The summed E-state index contributed by atoms with van der Waals surface area (Å²) >= 11 is 0. The van der Waals surface area contributed by atoms with Crippen LogP contribution in [0.4, 0.5) is 5.82 Å². The van der Waals surface area contributed by atoms with Crippen LogP contribution in [-0.2, 0) is 11.2 Å². The molecule has 1 N–H and O–H groups in total. The highest BCUT2D eigenvalue weighted by atomic mass is 16.2. The van der Waals surface area contributed by atoms with Gasteiger partial charge in [-0.1, -0.05) is 52.4 Å². The Labute approximate surface area is 188 Å². The molecule has 0 radical (unpaired) electrons. The van der Waals surface area contributed by atoms with E-state index in [-0.39, 0.29) is 12.1 Å². The highest BCUT2D eigenvalue weighted by Crippen LogP contribution is 2.46. The Bertz CT molecular complexity index is 714. The quantitative estimate of drug-likeness (QED) is 0.569. The number of nitrogens with one attached hydrogen (secondary N) is 1. The molecule has 1 aromatic rings. The molecule has 1 amide bonds. The molecular formula is C26H42N4O. The number of piperidine rings is 1. The zero-order valence-corrected chi connectivity index (χ0v) is 19.9. The number of nitrogens with zero attached hydrogens (tertiary/aromatic N) is 3. The Morgan fingerprint density at radius 3 is 2.35 bits per heavy atom. The fraction of sp³-hybridized carbons (Fsp3) is 0.808. The van der Waals surface area contributed by atoms with Crippen molar-refractivity contribution in [3.05, 3.63) is 18.1 Å². The number of likely N-dealkylation sites (tertiary alicyclic amines) is 1. The zero-order chi connectivity index (χ0) is 21.8. The molecule has 2 heterocycles. The van der Waals surface area contributed by atoms with E-state index in [0.29, 0.717) is 17.7 Å². The van der Waals surface area contributed by atoms with Gasteiger partial charge in [-0.05, 0) is 56.3 Å². The van der Waals surface area contributed by atoms with Gasteiger partial charge < -0.3 is 10.2 Å². The fourth-order valence-corrected chi connectivity index (χ4v) is 5.90. The number of hydrogen-bond donors (Lipinski definition) is 1. The maximum absolute atomic E-state index is 13.5. The molecule has 1 saturated heterocycles. The lowest BCUT2D eigenvalue weighted by Crippen LogP contribution is -2.52. The number of aromatic nitrogens is 2. The predicted octanol–water partition coefficient (Wildman–Crippen LogP) is 5.46. The number of amides is 1. The summed E-state index contributed by atoms with van der Waals surface area (Å²) in [5.74, 6) is 4.14. The van der Waals surface area contributed by atoms with Gasteiger partial charge in [0.15, 0.2) is 0 Å². The summed E-state index contributed by atoms with van der Waals surface area (Å²) in [6, 6.07) is 2.53. The van der Waals surface area contributed by atoms with Crippen LogP contribution in [0.3, 0.4) is 0 Å². The molecular weight excluding hydrogens is 384 g/mol. The van der Waals surface area contributed by atoms with Crippen LogP contribution in [-0.4, -0.2) is 39.4 Å². The monoisotopic (exact) mass is 426 g/mol. The van der Waals surface area contributed by atoms with E-state index in [1.165, 1.54) is 44.9 Å². The maximum Gasteiger partial charge on any atom is 0.223 e. The van der Waals surface area contributed by atoms with Crippen LogP contribution in [0.5, 0.6) is 0 Å². The lowest BCUT2D eigenvalue weighted by atomic mass is 9.63. The Morgan fingerprint density at radius 2 is 1.74 bits per heavy atom. The Hall–Kier alpha value is -1.65. The number of rotatable bonds is 9. The molecule has 3 aliphatic rings. The normalized spacial score (nSPS) is 23.5. The maximum atomic E-state index is 13.5. The molecule has 3 fully saturated rings. The lowest BCUT2D eigenvalue weighted by Gasteiger charge is -2.45. The molecule has 172 valence electrons. The van der Waals surface area contributed by atoms with Crippen LogP contribution in [0.2, 0.25) is 0 Å². The summed E-state index contributed by atoms with van der Waals surface area (Å²) in [6.45, 7) is 7.56. The van der Waals surface area contributed by atoms with Gasteiger partial charge in [0.25, 0.3) is 0 Å². The Morgan fingerprint density at radius 1 is 1.03 bits per heavy atom. The molecule has 0 spiro atoms. The van der Waals surface area contributed by atoms with E-state index in [1.807, 2.05) is 0 Å². The van der Waals surface area contributed by atoms with Gasteiger partial charge in [-0.2, -0.15) is 0 Å². The van der Waals surface area contributed by atoms with Gasteiger partial charge in [-0.3, -0.25) is 4.79 Å². The fourth-order valence-electron chi connectivity index (χ4n) is 5.90. The van der Waals surface area contributed by atoms with Crippen molar-refractivity contribution >= 4 is 11.7 Å². The summed E-state index contributed by atoms with van der Waals surface area (Å²) in [5, 5.41) is 3.61. The summed E-state index contributed by atoms with van der Waals surface area (Å²) in [7, 11) is 0. The number of hydrogen-bond acceptors (Lipinski definition) is 4. The second-order valence-corrected chi connectivity index (χ2v) is 10.8. The van der Waals surface area contributed by atoms with E-state index < -0.39 is 0 Å². The van der Waals surface area contributed by atoms with Crippen molar-refractivity contribution in [2.45, 2.75) is 103 Å². The van der Waals surface area contributed by atoms with Crippen LogP contribution in [0.1, 0.15) is 90.7 Å². The van der Waals surface area contributed by atoms with Gasteiger partial charge in [0.2, 0.25) is 5.91 Å². The molecule has 2 aliphatic carbocycles. The smallest absolute Gasteiger partial charge is 0.223 e. The van der Waals surface area contributed by atoms with Crippen LogP contribution >= 0.6 is 0 Å². The molecule has 0 aromatic carbocycles. The van der Waals surface area contributed by atoms with Gasteiger partial charge in [-0.25, -0.2) is 9.97 Å². The average Bonchev–Trinajstić information content (AvgIpc) is 2.65. The average molecular weight is 427 g/mol. The summed E-state index contributed by atoms with van der Waals surface area (Å²) in [5.41, 5.74) is 1.08. The SMILES string of the molecule is CC(C)Cc1cc(NC(C)C2CCCCN2C(=O)CC(C2CCC2)C2CCC2)ncn1. The molecule has 1 aliphatic heterocycles. The highest BCUT2D eigenvalue weighted by molar-refractivity contribution is 5.77. The van der Waals surface area contributed by atoms with E-state index in [4.69, 9.17) is 0 Å². The molecule has 5 nitrogen and oxygen atoms in total. The minimum atomic E-state index is 0.192. The molecule has 2 atom stereocenters. The predicted molar refractivity (Wildman–Crippen MR) is 126 cm³/mol. The molecule has 2 saturated carbocycles. The van der Waals surface area contributed by atoms with Crippen molar-refractivity contribution in [2.75, 3.05) is 11.9 Å². The van der Waals surface area contributed by atoms with Gasteiger partial charge in [0, 0.05) is 30.8 Å². The van der Waals surface area contributed by atoms with Crippen LogP contribution in [0.15, 0.2) is 12.4 Å². The second-order valence-electron chi connectivity index (χ2n) is 10.8.